The molecule has 206 valence electrons. The van der Waals surface area contributed by atoms with Gasteiger partial charge in [0.25, 0.3) is 0 Å². The highest BCUT2D eigenvalue weighted by atomic mass is 16.5. The van der Waals surface area contributed by atoms with Gasteiger partial charge in [0.15, 0.2) is 11.5 Å². The second-order valence-electron chi connectivity index (χ2n) is 9.17. The van der Waals surface area contributed by atoms with E-state index < -0.39 is 18.1 Å². The van der Waals surface area contributed by atoms with Crippen LogP contribution in [-0.2, 0) is 4.74 Å². The number of anilines is 2. The zero-order valence-corrected chi connectivity index (χ0v) is 23.1. The third-order valence-corrected chi connectivity index (χ3v) is 6.29. The predicted molar refractivity (Wildman–Crippen MR) is 155 cm³/mol. The number of ether oxygens (including phenoxy) is 4. The summed E-state index contributed by atoms with van der Waals surface area (Å²) in [5.41, 5.74) is 5.18. The van der Waals surface area contributed by atoms with Crippen molar-refractivity contribution in [2.45, 2.75) is 20.0 Å². The minimum Gasteiger partial charge on any atom is -0.493 e. The van der Waals surface area contributed by atoms with Gasteiger partial charge in [-0.3, -0.25) is 0 Å². The van der Waals surface area contributed by atoms with Gasteiger partial charge in [0.1, 0.15) is 17.4 Å². The maximum atomic E-state index is 12.8. The smallest absolute Gasteiger partial charge is 0.341 e. The molecule has 0 radical (unpaired) electrons. The lowest BCUT2D eigenvalue weighted by Gasteiger charge is -2.22. The van der Waals surface area contributed by atoms with Gasteiger partial charge in [-0.1, -0.05) is 59.7 Å². The predicted octanol–water partition coefficient (Wildman–Crippen LogP) is 6.92. The number of aryl methyl sites for hydroxylation is 2. The molecule has 8 heteroatoms. The van der Waals surface area contributed by atoms with Crippen molar-refractivity contribution < 1.29 is 28.5 Å². The Morgan fingerprint density at radius 3 is 1.62 bits per heavy atom. The number of amides is 2. The molecule has 40 heavy (non-hydrogen) atoms. The molecule has 0 saturated carbocycles. The molecule has 0 spiro atoms. The highest BCUT2D eigenvalue weighted by Crippen LogP contribution is 2.33. The number of hydrogen-bond donors (Lipinski definition) is 2. The summed E-state index contributed by atoms with van der Waals surface area (Å²) in [6.45, 7) is 4.04. The molecule has 0 atom stereocenters. The summed E-state index contributed by atoms with van der Waals surface area (Å²) in [7, 11) is 4.35. The molecule has 0 unspecified atom stereocenters. The Bertz CT molecular complexity index is 1440. The molecule has 2 amide bonds. The Labute approximate surface area is 233 Å². The van der Waals surface area contributed by atoms with Crippen LogP contribution in [0.1, 0.15) is 38.7 Å². The van der Waals surface area contributed by atoms with E-state index in [1.165, 1.54) is 27.4 Å². The molecule has 4 aromatic carbocycles. The summed E-state index contributed by atoms with van der Waals surface area (Å²) in [6, 6.07) is 25.5. The minimum absolute atomic E-state index is 0.177. The second-order valence-corrected chi connectivity index (χ2v) is 9.17. The van der Waals surface area contributed by atoms with Crippen LogP contribution in [0.25, 0.3) is 0 Å². The van der Waals surface area contributed by atoms with Crippen LogP contribution in [0.4, 0.5) is 16.2 Å². The van der Waals surface area contributed by atoms with Crippen molar-refractivity contribution in [1.82, 2.24) is 0 Å². The topological polar surface area (TPSA) is 95.1 Å². The van der Waals surface area contributed by atoms with E-state index in [9.17, 15) is 9.59 Å². The largest absolute Gasteiger partial charge is 0.493 e. The molecule has 0 aliphatic rings. The molecular weight excluding hydrogens is 508 g/mol. The summed E-state index contributed by atoms with van der Waals surface area (Å²) < 4.78 is 22.0. The van der Waals surface area contributed by atoms with Gasteiger partial charge in [-0.05, 0) is 55.3 Å². The maximum absolute atomic E-state index is 12.8. The molecule has 0 heterocycles. The van der Waals surface area contributed by atoms with Crippen LogP contribution < -0.4 is 24.8 Å². The fourth-order valence-electron chi connectivity index (χ4n) is 4.13. The lowest BCUT2D eigenvalue weighted by molar-refractivity contribution is 0.0594. The number of carbonyl (C=O) groups is 2. The van der Waals surface area contributed by atoms with E-state index >= 15 is 0 Å². The first-order valence-electron chi connectivity index (χ1n) is 12.6. The van der Waals surface area contributed by atoms with E-state index in [0.29, 0.717) is 28.6 Å². The first kappa shape index (κ1) is 28.0. The van der Waals surface area contributed by atoms with Crippen molar-refractivity contribution in [3.8, 4) is 17.2 Å². The zero-order valence-electron chi connectivity index (χ0n) is 23.1. The van der Waals surface area contributed by atoms with Crippen LogP contribution in [-0.4, -0.2) is 33.3 Å². The number of benzene rings is 4. The number of rotatable bonds is 9. The summed E-state index contributed by atoms with van der Waals surface area (Å²) in [4.78, 5) is 25.5. The van der Waals surface area contributed by atoms with Gasteiger partial charge in [-0.2, -0.15) is 0 Å². The highest BCUT2D eigenvalue weighted by molar-refractivity contribution is 6.01. The molecule has 8 nitrogen and oxygen atoms in total. The summed E-state index contributed by atoms with van der Waals surface area (Å²) in [6.07, 6.45) is -0.475. The fraction of sp³-hybridized carbons (Fsp3) is 0.188. The van der Waals surface area contributed by atoms with Crippen LogP contribution in [0.2, 0.25) is 0 Å². The fourth-order valence-corrected chi connectivity index (χ4v) is 4.13. The number of esters is 1. The highest BCUT2D eigenvalue weighted by Gasteiger charge is 2.22. The van der Waals surface area contributed by atoms with Gasteiger partial charge in [-0.15, -0.1) is 0 Å². The number of methoxy groups -OCH3 is 3. The maximum Gasteiger partial charge on any atom is 0.341 e. The van der Waals surface area contributed by atoms with E-state index in [1.807, 2.05) is 62.4 Å². The van der Waals surface area contributed by atoms with Crippen molar-refractivity contribution in [1.29, 1.82) is 0 Å². The first-order chi connectivity index (χ1) is 19.3. The van der Waals surface area contributed by atoms with Crippen molar-refractivity contribution in [2.24, 2.45) is 0 Å². The quantitative estimate of drug-likeness (QED) is 0.224. The zero-order chi connectivity index (χ0) is 28.6. The average Bonchev–Trinajstić information content (AvgIpc) is 2.97. The summed E-state index contributed by atoms with van der Waals surface area (Å²) in [5.74, 6) is 0.752. The standard InChI is InChI=1S/C32H32N2O6/c1-20-6-10-22(11-7-20)30(23-12-8-21(2)9-13-23)40-27-16-14-24(18-26(27)31(35)39-5)33-32(36)34-25-15-17-28(37-3)29(19-25)38-4/h6-19,30H,1-5H3,(H2,33,34,36). The lowest BCUT2D eigenvalue weighted by atomic mass is 9.99. The molecule has 0 bridgehead atoms. The van der Waals surface area contributed by atoms with Crippen LogP contribution >= 0.6 is 0 Å². The summed E-state index contributed by atoms with van der Waals surface area (Å²) in [5, 5.41) is 5.49. The van der Waals surface area contributed by atoms with Crippen molar-refractivity contribution >= 4 is 23.4 Å². The molecule has 4 aromatic rings. The monoisotopic (exact) mass is 540 g/mol. The molecule has 0 aromatic heterocycles. The normalized spacial score (nSPS) is 10.6. The van der Waals surface area contributed by atoms with Crippen LogP contribution in [0.5, 0.6) is 17.2 Å². The van der Waals surface area contributed by atoms with Crippen LogP contribution in [0.15, 0.2) is 84.9 Å². The van der Waals surface area contributed by atoms with Gasteiger partial charge in [0.2, 0.25) is 0 Å². The van der Waals surface area contributed by atoms with Gasteiger partial charge in [0.05, 0.1) is 21.3 Å². The third-order valence-electron chi connectivity index (χ3n) is 6.29. The Kier molecular flexibility index (Phi) is 8.91. The van der Waals surface area contributed by atoms with E-state index in [1.54, 1.807) is 30.3 Å². The third kappa shape index (κ3) is 6.71. The van der Waals surface area contributed by atoms with Gasteiger partial charge in [0, 0.05) is 17.4 Å². The van der Waals surface area contributed by atoms with E-state index in [0.717, 1.165) is 22.3 Å². The molecule has 0 saturated heterocycles. The lowest BCUT2D eigenvalue weighted by Crippen LogP contribution is -2.20. The molecule has 4 rings (SSSR count). The Balaban J connectivity index is 1.60. The Morgan fingerprint density at radius 1 is 0.625 bits per heavy atom. The molecule has 0 fully saturated rings. The molecule has 0 aliphatic carbocycles. The molecule has 2 N–H and O–H groups in total. The molecule has 0 aliphatic heterocycles. The SMILES string of the molecule is COC(=O)c1cc(NC(=O)Nc2ccc(OC)c(OC)c2)ccc1OC(c1ccc(C)cc1)c1ccc(C)cc1. The van der Waals surface area contributed by atoms with Crippen LogP contribution in [0.3, 0.4) is 0 Å². The van der Waals surface area contributed by atoms with Gasteiger partial charge < -0.3 is 29.6 Å². The van der Waals surface area contributed by atoms with Crippen LogP contribution in [0, 0.1) is 13.8 Å². The number of hydrogen-bond acceptors (Lipinski definition) is 6. The van der Waals surface area contributed by atoms with E-state index in [2.05, 4.69) is 10.6 Å². The minimum atomic E-state index is -0.592. The first-order valence-corrected chi connectivity index (χ1v) is 12.6. The van der Waals surface area contributed by atoms with E-state index in [-0.39, 0.29) is 5.56 Å². The van der Waals surface area contributed by atoms with Crippen molar-refractivity contribution in [3.63, 3.8) is 0 Å². The number of urea groups is 1. The summed E-state index contributed by atoms with van der Waals surface area (Å²) >= 11 is 0. The molecular formula is C32H32N2O6. The number of nitrogens with one attached hydrogen (secondary N) is 2. The van der Waals surface area contributed by atoms with Gasteiger partial charge >= 0.3 is 12.0 Å². The van der Waals surface area contributed by atoms with E-state index in [4.69, 9.17) is 18.9 Å². The Hall–Kier alpha value is -4.98. The average molecular weight is 541 g/mol. The second kappa shape index (κ2) is 12.7. The van der Waals surface area contributed by atoms with Crippen molar-refractivity contribution in [3.05, 3.63) is 113 Å². The van der Waals surface area contributed by atoms with Gasteiger partial charge in [-0.25, -0.2) is 9.59 Å². The van der Waals surface area contributed by atoms with Crippen molar-refractivity contribution in [2.75, 3.05) is 32.0 Å². The number of carbonyl (C=O) groups excluding carboxylic acids is 2. The Morgan fingerprint density at radius 2 is 1.12 bits per heavy atom.